The van der Waals surface area contributed by atoms with E-state index in [-0.39, 0.29) is 5.75 Å². The highest BCUT2D eigenvalue weighted by Crippen LogP contribution is 2.49. The molecule has 0 aliphatic heterocycles. The van der Waals surface area contributed by atoms with Crippen molar-refractivity contribution in [1.82, 2.24) is 0 Å². The zero-order valence-corrected chi connectivity index (χ0v) is 18.0. The highest BCUT2D eigenvalue weighted by Gasteiger charge is 2.39. The molecule has 1 aromatic carbocycles. The van der Waals surface area contributed by atoms with Gasteiger partial charge in [0.2, 0.25) is 0 Å². The standard InChI is InChI=1S/C25H35F3O2/c1-2-29-22-11-9-19-13-18(7-8-20(19)14-22)16-3-5-17(6-4-16)21-10-12-24(23(26)15-21)30-25(27)28/h10,12,15-20,22,25H,2-9,11,13-14H2,1H3. The normalized spacial score (nSPS) is 34.6. The summed E-state index contributed by atoms with van der Waals surface area (Å²) in [4.78, 5) is 0. The average Bonchev–Trinajstić information content (AvgIpc) is 2.75. The summed E-state index contributed by atoms with van der Waals surface area (Å²) < 4.78 is 48.9. The summed E-state index contributed by atoms with van der Waals surface area (Å²) in [7, 11) is 0. The Labute approximate surface area is 178 Å². The van der Waals surface area contributed by atoms with Crippen LogP contribution in [0.25, 0.3) is 0 Å². The fraction of sp³-hybridized carbons (Fsp3) is 0.760. The molecule has 4 atom stereocenters. The molecule has 30 heavy (non-hydrogen) atoms. The second kappa shape index (κ2) is 9.93. The highest BCUT2D eigenvalue weighted by atomic mass is 19.3. The summed E-state index contributed by atoms with van der Waals surface area (Å²) >= 11 is 0. The summed E-state index contributed by atoms with van der Waals surface area (Å²) in [6.07, 6.45) is 12.9. The van der Waals surface area contributed by atoms with Crippen molar-refractivity contribution >= 4 is 0 Å². The van der Waals surface area contributed by atoms with Gasteiger partial charge in [0, 0.05) is 6.61 Å². The van der Waals surface area contributed by atoms with Gasteiger partial charge in [0.05, 0.1) is 6.10 Å². The molecule has 0 spiro atoms. The van der Waals surface area contributed by atoms with Crippen LogP contribution in [0, 0.1) is 29.5 Å². The van der Waals surface area contributed by atoms with E-state index >= 15 is 0 Å². The molecule has 4 rings (SSSR count). The molecule has 0 radical (unpaired) electrons. The second-order valence-electron chi connectivity index (χ2n) is 9.66. The quantitative estimate of drug-likeness (QED) is 0.476. The zero-order chi connectivity index (χ0) is 21.1. The molecule has 3 aliphatic rings. The SMILES string of the molecule is CCOC1CCC2CC(C3CCC(c4ccc(OC(F)F)c(F)c4)CC3)CCC2C1. The van der Waals surface area contributed by atoms with E-state index in [2.05, 4.69) is 11.7 Å². The minimum absolute atomic E-state index is 0.328. The molecule has 0 saturated heterocycles. The third-order valence-electron chi connectivity index (χ3n) is 8.09. The van der Waals surface area contributed by atoms with Gasteiger partial charge in [0.1, 0.15) is 0 Å². The van der Waals surface area contributed by atoms with Crippen LogP contribution in [0.15, 0.2) is 18.2 Å². The first-order valence-corrected chi connectivity index (χ1v) is 11.9. The van der Waals surface area contributed by atoms with Crippen molar-refractivity contribution in [3.63, 3.8) is 0 Å². The topological polar surface area (TPSA) is 18.5 Å². The van der Waals surface area contributed by atoms with Crippen LogP contribution in [0.4, 0.5) is 13.2 Å². The van der Waals surface area contributed by atoms with Crippen LogP contribution in [0.5, 0.6) is 5.75 Å². The fourth-order valence-corrected chi connectivity index (χ4v) is 6.58. The van der Waals surface area contributed by atoms with Gasteiger partial charge in [-0.05, 0) is 118 Å². The van der Waals surface area contributed by atoms with Crippen molar-refractivity contribution in [3.05, 3.63) is 29.6 Å². The zero-order valence-electron chi connectivity index (χ0n) is 18.0. The lowest BCUT2D eigenvalue weighted by Crippen LogP contribution is -2.36. The minimum Gasteiger partial charge on any atom is -0.432 e. The van der Waals surface area contributed by atoms with Crippen molar-refractivity contribution < 1.29 is 22.6 Å². The van der Waals surface area contributed by atoms with E-state index in [9.17, 15) is 13.2 Å². The van der Waals surface area contributed by atoms with E-state index in [0.29, 0.717) is 12.0 Å². The smallest absolute Gasteiger partial charge is 0.387 e. The lowest BCUT2D eigenvalue weighted by atomic mass is 9.62. The first-order valence-electron chi connectivity index (χ1n) is 11.9. The molecule has 168 valence electrons. The van der Waals surface area contributed by atoms with Gasteiger partial charge in [0.25, 0.3) is 0 Å². The summed E-state index contributed by atoms with van der Waals surface area (Å²) in [5.41, 5.74) is 0.922. The largest absolute Gasteiger partial charge is 0.432 e. The van der Waals surface area contributed by atoms with Gasteiger partial charge >= 0.3 is 6.61 Å². The molecule has 0 heterocycles. The van der Waals surface area contributed by atoms with Crippen LogP contribution in [0.3, 0.4) is 0 Å². The molecule has 0 bridgehead atoms. The van der Waals surface area contributed by atoms with Crippen LogP contribution in [-0.4, -0.2) is 19.3 Å². The second-order valence-corrected chi connectivity index (χ2v) is 9.66. The summed E-state index contributed by atoms with van der Waals surface area (Å²) in [6.45, 7) is -0.0656. The lowest BCUT2D eigenvalue weighted by molar-refractivity contribution is -0.0522. The van der Waals surface area contributed by atoms with Crippen molar-refractivity contribution in [3.8, 4) is 5.75 Å². The Morgan fingerprint density at radius 1 is 0.867 bits per heavy atom. The van der Waals surface area contributed by atoms with Crippen LogP contribution in [0.1, 0.15) is 82.6 Å². The van der Waals surface area contributed by atoms with Gasteiger partial charge < -0.3 is 9.47 Å². The monoisotopic (exact) mass is 424 g/mol. The highest BCUT2D eigenvalue weighted by molar-refractivity contribution is 5.31. The molecule has 3 saturated carbocycles. The molecular weight excluding hydrogens is 389 g/mol. The number of rotatable bonds is 6. The first kappa shape index (κ1) is 22.0. The van der Waals surface area contributed by atoms with Gasteiger partial charge in [-0.1, -0.05) is 6.07 Å². The van der Waals surface area contributed by atoms with Crippen molar-refractivity contribution in [2.75, 3.05) is 6.61 Å². The number of hydrogen-bond donors (Lipinski definition) is 0. The van der Waals surface area contributed by atoms with Gasteiger partial charge in [-0.3, -0.25) is 0 Å². The molecule has 2 nitrogen and oxygen atoms in total. The Balaban J connectivity index is 1.28. The Kier molecular flexibility index (Phi) is 7.28. The third-order valence-corrected chi connectivity index (χ3v) is 8.09. The predicted octanol–water partition coefficient (Wildman–Crippen LogP) is 7.32. The van der Waals surface area contributed by atoms with Crippen LogP contribution >= 0.6 is 0 Å². The number of fused-ring (bicyclic) bond motifs is 1. The Morgan fingerprint density at radius 3 is 2.17 bits per heavy atom. The van der Waals surface area contributed by atoms with Crippen LogP contribution < -0.4 is 4.74 Å². The number of benzene rings is 1. The number of ether oxygens (including phenoxy) is 2. The maximum absolute atomic E-state index is 14.1. The molecule has 0 N–H and O–H groups in total. The number of halogens is 3. The van der Waals surface area contributed by atoms with Gasteiger partial charge in [-0.2, -0.15) is 8.78 Å². The third kappa shape index (κ3) is 5.15. The average molecular weight is 425 g/mol. The summed E-state index contributed by atoms with van der Waals surface area (Å²) in [6, 6.07) is 4.50. The van der Waals surface area contributed by atoms with E-state index in [0.717, 1.165) is 48.7 Å². The van der Waals surface area contributed by atoms with E-state index in [1.807, 2.05) is 0 Å². The Morgan fingerprint density at radius 2 is 1.50 bits per heavy atom. The summed E-state index contributed by atoms with van der Waals surface area (Å²) in [5.74, 6) is 2.66. The lowest BCUT2D eigenvalue weighted by Gasteiger charge is -2.45. The molecule has 0 amide bonds. The van der Waals surface area contributed by atoms with Gasteiger partial charge in [-0.25, -0.2) is 4.39 Å². The van der Waals surface area contributed by atoms with Crippen molar-refractivity contribution in [2.45, 2.75) is 89.8 Å². The fourth-order valence-electron chi connectivity index (χ4n) is 6.58. The minimum atomic E-state index is -3.00. The van der Waals surface area contributed by atoms with Crippen molar-refractivity contribution in [1.29, 1.82) is 0 Å². The Bertz CT molecular complexity index is 687. The predicted molar refractivity (Wildman–Crippen MR) is 111 cm³/mol. The molecule has 3 aliphatic carbocycles. The van der Waals surface area contributed by atoms with Gasteiger partial charge in [-0.15, -0.1) is 0 Å². The van der Waals surface area contributed by atoms with Crippen molar-refractivity contribution in [2.24, 2.45) is 23.7 Å². The number of hydrogen-bond acceptors (Lipinski definition) is 2. The van der Waals surface area contributed by atoms with Crippen LogP contribution in [0.2, 0.25) is 0 Å². The molecule has 4 unspecified atom stereocenters. The maximum Gasteiger partial charge on any atom is 0.387 e. The molecular formula is C25H35F3O2. The first-order chi connectivity index (χ1) is 14.5. The molecule has 1 aromatic rings. The molecule has 0 aromatic heterocycles. The van der Waals surface area contributed by atoms with Gasteiger partial charge in [0.15, 0.2) is 11.6 Å². The Hall–Kier alpha value is -1.23. The maximum atomic E-state index is 14.1. The van der Waals surface area contributed by atoms with E-state index < -0.39 is 12.4 Å². The van der Waals surface area contributed by atoms with E-state index in [4.69, 9.17) is 4.74 Å². The van der Waals surface area contributed by atoms with Crippen LogP contribution in [-0.2, 0) is 4.74 Å². The van der Waals surface area contributed by atoms with E-state index in [1.165, 1.54) is 63.5 Å². The van der Waals surface area contributed by atoms with E-state index in [1.54, 1.807) is 6.07 Å². The number of alkyl halides is 2. The molecule has 5 heteroatoms. The summed E-state index contributed by atoms with van der Waals surface area (Å²) in [5, 5.41) is 0. The molecule has 3 fully saturated rings.